The van der Waals surface area contributed by atoms with Crippen LogP contribution in [0.4, 0.5) is 0 Å². The number of hydrogen-bond donors (Lipinski definition) is 1. The Morgan fingerprint density at radius 1 is 1.32 bits per heavy atom. The average molecular weight is 252 g/mol. The van der Waals surface area contributed by atoms with Crippen molar-refractivity contribution >= 4 is 10.9 Å². The maximum absolute atomic E-state index is 5.37. The van der Waals surface area contributed by atoms with E-state index in [0.717, 1.165) is 32.0 Å². The van der Waals surface area contributed by atoms with Crippen LogP contribution in [0.25, 0.3) is 10.9 Å². The molecule has 2 nitrogen and oxygen atoms in total. The molecule has 0 aliphatic heterocycles. The van der Waals surface area contributed by atoms with Gasteiger partial charge >= 0.3 is 0 Å². The summed E-state index contributed by atoms with van der Waals surface area (Å²) in [5, 5.41) is 4.95. The number of nitrogens with zero attached hydrogens (tertiary/aromatic N) is 1. The lowest BCUT2D eigenvalue weighted by atomic mass is 10.1. The lowest BCUT2D eigenvalue weighted by molar-refractivity contribution is 0.679. The van der Waals surface area contributed by atoms with E-state index in [1.807, 2.05) is 0 Å². The molecule has 98 valence electrons. The van der Waals surface area contributed by atoms with Gasteiger partial charge in [0.15, 0.2) is 0 Å². The molecule has 1 heterocycles. The summed E-state index contributed by atoms with van der Waals surface area (Å²) in [6.07, 6.45) is 12.2. The van der Waals surface area contributed by atoms with Gasteiger partial charge in [-0.3, -0.25) is 0 Å². The molecule has 1 aliphatic carbocycles. The molecule has 0 unspecified atom stereocenters. The molecule has 2 heteroatoms. The zero-order chi connectivity index (χ0) is 13.1. The largest absolute Gasteiger partial charge is 0.346 e. The third-order valence-corrected chi connectivity index (χ3v) is 3.77. The number of benzene rings is 1. The Kier molecular flexibility index (Phi) is 3.57. The Hall–Kier alpha value is -1.72. The first kappa shape index (κ1) is 12.3. The zero-order valence-corrected chi connectivity index (χ0v) is 11.2. The third-order valence-electron chi connectivity index (χ3n) is 3.77. The highest BCUT2D eigenvalue weighted by Gasteiger charge is 2.19. The van der Waals surface area contributed by atoms with Crippen LogP contribution in [-0.2, 0) is 13.0 Å². The average Bonchev–Trinajstić information content (AvgIpc) is 3.19. The minimum absolute atomic E-state index is 0.787. The minimum atomic E-state index is 0.787. The zero-order valence-electron chi connectivity index (χ0n) is 11.2. The number of fused-ring (bicyclic) bond motifs is 1. The van der Waals surface area contributed by atoms with Crippen LogP contribution in [0.2, 0.25) is 0 Å². The standard InChI is InChI=1S/C17H20N2/c1-2-3-12-19-13-14(10-11-18-15-8-9-15)16-6-4-5-7-17(16)19/h1,4-7,13,15,18H,3,8-12H2. The number of para-hydroxylation sites is 1. The van der Waals surface area contributed by atoms with E-state index in [0.29, 0.717) is 0 Å². The topological polar surface area (TPSA) is 17.0 Å². The molecule has 0 amide bonds. The summed E-state index contributed by atoms with van der Waals surface area (Å²) in [7, 11) is 0. The molecule has 2 aromatic rings. The van der Waals surface area contributed by atoms with Gasteiger partial charge in [0.25, 0.3) is 0 Å². The molecule has 0 atom stereocenters. The summed E-state index contributed by atoms with van der Waals surface area (Å²) in [6, 6.07) is 9.40. The van der Waals surface area contributed by atoms with Crippen molar-refractivity contribution in [3.63, 3.8) is 0 Å². The molecule has 1 fully saturated rings. The first-order valence-corrected chi connectivity index (χ1v) is 7.12. The van der Waals surface area contributed by atoms with Crippen molar-refractivity contribution in [2.24, 2.45) is 0 Å². The third kappa shape index (κ3) is 2.83. The molecular weight excluding hydrogens is 232 g/mol. The normalized spacial score (nSPS) is 14.7. The van der Waals surface area contributed by atoms with E-state index in [9.17, 15) is 0 Å². The molecular formula is C17H20N2. The number of terminal acetylenes is 1. The number of aromatic nitrogens is 1. The van der Waals surface area contributed by atoms with E-state index in [4.69, 9.17) is 6.42 Å². The van der Waals surface area contributed by atoms with Crippen LogP contribution in [0.3, 0.4) is 0 Å². The maximum atomic E-state index is 5.37. The van der Waals surface area contributed by atoms with Gasteiger partial charge in [-0.2, -0.15) is 0 Å². The molecule has 0 radical (unpaired) electrons. The van der Waals surface area contributed by atoms with Crippen molar-refractivity contribution < 1.29 is 0 Å². The summed E-state index contributed by atoms with van der Waals surface area (Å²) in [4.78, 5) is 0. The highest BCUT2D eigenvalue weighted by molar-refractivity contribution is 5.84. The summed E-state index contributed by atoms with van der Waals surface area (Å²) in [6.45, 7) is 1.99. The van der Waals surface area contributed by atoms with Crippen LogP contribution in [0, 0.1) is 12.3 Å². The fraction of sp³-hybridized carbons (Fsp3) is 0.412. The van der Waals surface area contributed by atoms with Gasteiger partial charge in [-0.25, -0.2) is 0 Å². The van der Waals surface area contributed by atoms with Crippen LogP contribution in [-0.4, -0.2) is 17.2 Å². The van der Waals surface area contributed by atoms with Crippen LogP contribution in [0.1, 0.15) is 24.8 Å². The quantitative estimate of drug-likeness (QED) is 0.782. The van der Waals surface area contributed by atoms with Crippen LogP contribution < -0.4 is 5.32 Å². The number of aryl methyl sites for hydroxylation is 1. The number of nitrogens with one attached hydrogen (secondary N) is 1. The van der Waals surface area contributed by atoms with Crippen molar-refractivity contribution in [3.05, 3.63) is 36.0 Å². The summed E-state index contributed by atoms with van der Waals surface area (Å²) < 4.78 is 2.29. The highest BCUT2D eigenvalue weighted by atomic mass is 15.0. The Morgan fingerprint density at radius 3 is 2.95 bits per heavy atom. The predicted molar refractivity (Wildman–Crippen MR) is 80.1 cm³/mol. The van der Waals surface area contributed by atoms with Gasteiger partial charge in [0, 0.05) is 36.1 Å². The Bertz CT molecular complexity index is 599. The van der Waals surface area contributed by atoms with E-state index in [1.54, 1.807) is 0 Å². The summed E-state index contributed by atoms with van der Waals surface area (Å²) >= 11 is 0. The van der Waals surface area contributed by atoms with Crippen molar-refractivity contribution in [1.29, 1.82) is 0 Å². The highest BCUT2D eigenvalue weighted by Crippen LogP contribution is 2.23. The fourth-order valence-electron chi connectivity index (χ4n) is 2.59. The van der Waals surface area contributed by atoms with Gasteiger partial charge in [0.2, 0.25) is 0 Å². The van der Waals surface area contributed by atoms with Gasteiger partial charge in [-0.1, -0.05) is 18.2 Å². The smallest absolute Gasteiger partial charge is 0.0483 e. The minimum Gasteiger partial charge on any atom is -0.346 e. The van der Waals surface area contributed by atoms with Gasteiger partial charge in [-0.05, 0) is 37.4 Å². The lowest BCUT2D eigenvalue weighted by Crippen LogP contribution is -2.19. The van der Waals surface area contributed by atoms with Crippen LogP contribution in [0.15, 0.2) is 30.5 Å². The van der Waals surface area contributed by atoms with Gasteiger partial charge < -0.3 is 9.88 Å². The van der Waals surface area contributed by atoms with Gasteiger partial charge in [0.1, 0.15) is 0 Å². The first-order chi connectivity index (χ1) is 9.38. The Morgan fingerprint density at radius 2 is 2.16 bits per heavy atom. The Labute approximate surface area is 114 Å². The summed E-state index contributed by atoms with van der Waals surface area (Å²) in [5.74, 6) is 2.72. The van der Waals surface area contributed by atoms with Crippen LogP contribution in [0.5, 0.6) is 0 Å². The predicted octanol–water partition coefficient (Wildman–Crippen LogP) is 2.96. The van der Waals surface area contributed by atoms with E-state index < -0.39 is 0 Å². The molecule has 3 rings (SSSR count). The van der Waals surface area contributed by atoms with E-state index in [2.05, 4.69) is 46.3 Å². The van der Waals surface area contributed by atoms with E-state index in [1.165, 1.54) is 29.3 Å². The maximum Gasteiger partial charge on any atom is 0.0483 e. The SMILES string of the molecule is C#CCCn1cc(CCNC2CC2)c2ccccc21. The molecule has 0 saturated heterocycles. The summed E-state index contributed by atoms with van der Waals surface area (Å²) in [5.41, 5.74) is 2.74. The molecule has 0 bridgehead atoms. The second-order valence-corrected chi connectivity index (χ2v) is 5.30. The Balaban J connectivity index is 1.79. The first-order valence-electron chi connectivity index (χ1n) is 7.12. The molecule has 1 aromatic heterocycles. The molecule has 1 aromatic carbocycles. The molecule has 19 heavy (non-hydrogen) atoms. The van der Waals surface area contributed by atoms with Crippen LogP contribution >= 0.6 is 0 Å². The van der Waals surface area contributed by atoms with Crippen molar-refractivity contribution in [2.75, 3.05) is 6.54 Å². The van der Waals surface area contributed by atoms with Crippen molar-refractivity contribution in [2.45, 2.75) is 38.3 Å². The second kappa shape index (κ2) is 5.50. The van der Waals surface area contributed by atoms with Crippen molar-refractivity contribution in [3.8, 4) is 12.3 Å². The number of rotatable bonds is 6. The van der Waals surface area contributed by atoms with Crippen molar-refractivity contribution in [1.82, 2.24) is 9.88 Å². The van der Waals surface area contributed by atoms with Gasteiger partial charge in [-0.15, -0.1) is 12.3 Å². The molecule has 1 saturated carbocycles. The lowest BCUT2D eigenvalue weighted by Gasteiger charge is -2.01. The van der Waals surface area contributed by atoms with E-state index in [-0.39, 0.29) is 0 Å². The monoisotopic (exact) mass is 252 g/mol. The van der Waals surface area contributed by atoms with Gasteiger partial charge in [0.05, 0.1) is 0 Å². The second-order valence-electron chi connectivity index (χ2n) is 5.30. The molecule has 1 aliphatic rings. The molecule has 0 spiro atoms. The number of hydrogen-bond acceptors (Lipinski definition) is 1. The molecule has 1 N–H and O–H groups in total. The fourth-order valence-corrected chi connectivity index (χ4v) is 2.59. The van der Waals surface area contributed by atoms with E-state index >= 15 is 0 Å².